The van der Waals surface area contributed by atoms with Gasteiger partial charge in [0.25, 0.3) is 0 Å². The van der Waals surface area contributed by atoms with E-state index in [4.69, 9.17) is 0 Å². The number of rotatable bonds is 1. The minimum Gasteiger partial charge on any atom is -0.299 e. The molecule has 0 bridgehead atoms. The van der Waals surface area contributed by atoms with Crippen molar-refractivity contribution in [2.45, 2.75) is 51.2 Å². The number of carbonyl (C=O) groups excluding carboxylic acids is 2. The van der Waals surface area contributed by atoms with E-state index in [1.54, 1.807) is 6.08 Å². The van der Waals surface area contributed by atoms with Crippen LogP contribution >= 0.6 is 11.8 Å². The Hall–Kier alpha value is -0.830. The summed E-state index contributed by atoms with van der Waals surface area (Å²) >= 11 is 1.88. The van der Waals surface area contributed by atoms with E-state index in [1.807, 2.05) is 17.8 Å². The Bertz CT molecular complexity index is 634. The Morgan fingerprint density at radius 3 is 2.70 bits per heavy atom. The molecule has 0 aromatic carbocycles. The summed E-state index contributed by atoms with van der Waals surface area (Å²) in [5, 5.41) is 0.424. The van der Waals surface area contributed by atoms with Crippen molar-refractivity contribution in [2.24, 2.45) is 28.6 Å². The number of hydrogen-bond acceptors (Lipinski definition) is 3. The molecule has 3 saturated carbocycles. The zero-order valence-corrected chi connectivity index (χ0v) is 15.1. The topological polar surface area (TPSA) is 34.1 Å². The second-order valence-corrected chi connectivity index (χ2v) is 9.41. The highest BCUT2D eigenvalue weighted by Gasteiger charge is 2.59. The number of Topliss-reactive ketones (excluding diaryl/α,β-unsaturated/α-hetero) is 1. The highest BCUT2D eigenvalue weighted by Crippen LogP contribution is 2.64. The zero-order chi connectivity index (χ0) is 16.4. The van der Waals surface area contributed by atoms with Gasteiger partial charge < -0.3 is 0 Å². The minimum atomic E-state index is -0.0735. The van der Waals surface area contributed by atoms with Crippen LogP contribution < -0.4 is 0 Å². The molecule has 0 N–H and O–H groups in total. The number of ketones is 2. The molecule has 4 aliphatic carbocycles. The van der Waals surface area contributed by atoms with Gasteiger partial charge in [-0.3, -0.25) is 9.59 Å². The van der Waals surface area contributed by atoms with Crippen LogP contribution in [0, 0.1) is 28.6 Å². The molecular weight excluding hydrogens is 304 g/mol. The van der Waals surface area contributed by atoms with Crippen LogP contribution in [0.25, 0.3) is 0 Å². The fraction of sp³-hybridized carbons (Fsp3) is 0.700. The summed E-state index contributed by atoms with van der Waals surface area (Å²) in [4.78, 5) is 24.4. The van der Waals surface area contributed by atoms with E-state index >= 15 is 0 Å². The van der Waals surface area contributed by atoms with Crippen molar-refractivity contribution in [3.63, 3.8) is 0 Å². The van der Waals surface area contributed by atoms with E-state index in [0.717, 1.165) is 32.1 Å². The van der Waals surface area contributed by atoms with Crippen molar-refractivity contribution in [3.8, 4) is 0 Å². The van der Waals surface area contributed by atoms with E-state index < -0.39 is 0 Å². The van der Waals surface area contributed by atoms with Crippen molar-refractivity contribution >= 4 is 23.3 Å². The van der Waals surface area contributed by atoms with Crippen LogP contribution in [0.4, 0.5) is 0 Å². The number of fused-ring (bicyclic) bond motifs is 5. The van der Waals surface area contributed by atoms with E-state index in [2.05, 4.69) is 26.2 Å². The lowest BCUT2D eigenvalue weighted by Crippen LogP contribution is -2.52. The van der Waals surface area contributed by atoms with Crippen LogP contribution in [0.2, 0.25) is 0 Å². The molecule has 0 aromatic rings. The molecule has 0 aliphatic heterocycles. The Morgan fingerprint density at radius 2 is 1.96 bits per heavy atom. The van der Waals surface area contributed by atoms with Crippen LogP contribution in [0.15, 0.2) is 23.8 Å². The van der Waals surface area contributed by atoms with Crippen molar-refractivity contribution < 1.29 is 9.59 Å². The maximum Gasteiger partial charge on any atom is 0.178 e. The van der Waals surface area contributed by atoms with Gasteiger partial charge in [0.1, 0.15) is 5.78 Å². The monoisotopic (exact) mass is 330 g/mol. The van der Waals surface area contributed by atoms with Crippen LogP contribution in [0.3, 0.4) is 0 Å². The lowest BCUT2D eigenvalue weighted by molar-refractivity contribution is -0.131. The first-order valence-corrected chi connectivity index (χ1v) is 10.2. The molecule has 0 radical (unpaired) electrons. The maximum atomic E-state index is 12.5. The molecule has 0 unspecified atom stereocenters. The molecule has 0 heterocycles. The summed E-state index contributed by atoms with van der Waals surface area (Å²) in [5.41, 5.74) is 1.28. The van der Waals surface area contributed by atoms with Gasteiger partial charge >= 0.3 is 0 Å². The molecule has 0 amide bonds. The molecular formula is C20H26O2S. The summed E-state index contributed by atoms with van der Waals surface area (Å²) in [5.74, 6) is 2.41. The minimum absolute atomic E-state index is 0.0114. The second kappa shape index (κ2) is 5.08. The number of allylic oxidation sites excluding steroid dienone is 3. The lowest BCUT2D eigenvalue weighted by atomic mass is 9.48. The van der Waals surface area contributed by atoms with Gasteiger partial charge in [0.2, 0.25) is 0 Å². The molecule has 3 heteroatoms. The highest BCUT2D eigenvalue weighted by molar-refractivity contribution is 7.99. The second-order valence-electron chi connectivity index (χ2n) is 8.37. The average Bonchev–Trinajstić information content (AvgIpc) is 2.83. The summed E-state index contributed by atoms with van der Waals surface area (Å²) in [7, 11) is 0. The molecule has 6 atom stereocenters. The van der Waals surface area contributed by atoms with Crippen LogP contribution in [-0.2, 0) is 9.59 Å². The molecule has 4 aliphatic rings. The number of thioether (sulfide) groups is 1. The SMILES string of the molecule is CS[C@H]1C[C@@H]2[C@H](CC[C@]3(C)C(=O)CC[C@@H]23)[C@@]2(C)C=CC(=O)C=C12. The third-order valence-corrected chi connectivity index (χ3v) is 8.56. The highest BCUT2D eigenvalue weighted by atomic mass is 32.2. The molecule has 0 aromatic heterocycles. The molecule has 4 rings (SSSR count). The van der Waals surface area contributed by atoms with Gasteiger partial charge in [-0.1, -0.05) is 19.9 Å². The van der Waals surface area contributed by atoms with Gasteiger partial charge in [-0.2, -0.15) is 11.8 Å². The fourth-order valence-electron chi connectivity index (χ4n) is 6.22. The van der Waals surface area contributed by atoms with Gasteiger partial charge in [0.15, 0.2) is 5.78 Å². The summed E-state index contributed by atoms with van der Waals surface area (Å²) in [6, 6.07) is 0. The maximum absolute atomic E-state index is 12.5. The first-order chi connectivity index (χ1) is 10.9. The van der Waals surface area contributed by atoms with Gasteiger partial charge in [-0.05, 0) is 67.4 Å². The Morgan fingerprint density at radius 1 is 1.17 bits per heavy atom. The number of hydrogen-bond donors (Lipinski definition) is 0. The predicted molar refractivity (Wildman–Crippen MR) is 94.3 cm³/mol. The Balaban J connectivity index is 1.77. The smallest absolute Gasteiger partial charge is 0.178 e. The predicted octanol–water partition coefficient (Wildman–Crippen LogP) is 4.20. The summed E-state index contributed by atoms with van der Waals surface area (Å²) in [6.07, 6.45) is 13.2. The van der Waals surface area contributed by atoms with Crippen molar-refractivity contribution in [2.75, 3.05) is 6.26 Å². The van der Waals surface area contributed by atoms with E-state index in [1.165, 1.54) is 5.57 Å². The first-order valence-electron chi connectivity index (χ1n) is 8.91. The first kappa shape index (κ1) is 15.7. The van der Waals surface area contributed by atoms with Gasteiger partial charge in [-0.25, -0.2) is 0 Å². The van der Waals surface area contributed by atoms with Gasteiger partial charge in [0.05, 0.1) is 0 Å². The summed E-state index contributed by atoms with van der Waals surface area (Å²) in [6.45, 7) is 4.56. The molecule has 0 spiro atoms. The van der Waals surface area contributed by atoms with Gasteiger partial charge in [0, 0.05) is 22.5 Å². The number of carbonyl (C=O) groups is 2. The lowest BCUT2D eigenvalue weighted by Gasteiger charge is -2.57. The largest absolute Gasteiger partial charge is 0.299 e. The fourth-order valence-corrected chi connectivity index (χ4v) is 7.21. The third-order valence-electron chi connectivity index (χ3n) is 7.55. The molecule has 0 saturated heterocycles. The van der Waals surface area contributed by atoms with E-state index in [-0.39, 0.29) is 16.6 Å². The average molecular weight is 330 g/mol. The molecule has 3 fully saturated rings. The molecule has 23 heavy (non-hydrogen) atoms. The standard InChI is InChI=1S/C20H26O2S/c1-19-8-6-12(21)10-16(19)17(23-3)11-13-14-4-5-18(22)20(14,2)9-7-15(13)19/h6,8,10,13-15,17H,4-5,7,9,11H2,1-3H3/t13-,14-,15-,17-,19+,20-/m0/s1. The normalized spacial score (nSPS) is 48.6. The van der Waals surface area contributed by atoms with Crippen molar-refractivity contribution in [1.82, 2.24) is 0 Å². The van der Waals surface area contributed by atoms with E-state index in [9.17, 15) is 9.59 Å². The van der Waals surface area contributed by atoms with E-state index in [0.29, 0.717) is 28.8 Å². The van der Waals surface area contributed by atoms with Crippen LogP contribution in [-0.4, -0.2) is 23.1 Å². The molecule has 124 valence electrons. The van der Waals surface area contributed by atoms with Crippen molar-refractivity contribution in [1.29, 1.82) is 0 Å². The molecule has 2 nitrogen and oxygen atoms in total. The quantitative estimate of drug-likeness (QED) is 0.722. The van der Waals surface area contributed by atoms with Crippen LogP contribution in [0.5, 0.6) is 0 Å². The van der Waals surface area contributed by atoms with Crippen LogP contribution in [0.1, 0.15) is 46.0 Å². The zero-order valence-electron chi connectivity index (χ0n) is 14.3. The third kappa shape index (κ3) is 2.01. The Kier molecular flexibility index (Phi) is 3.46. The Labute approximate surface area is 143 Å². The van der Waals surface area contributed by atoms with Gasteiger partial charge in [-0.15, -0.1) is 0 Å². The van der Waals surface area contributed by atoms with Crippen molar-refractivity contribution in [3.05, 3.63) is 23.8 Å². The summed E-state index contributed by atoms with van der Waals surface area (Å²) < 4.78 is 0.